The minimum absolute atomic E-state index is 0.0186. The van der Waals surface area contributed by atoms with Crippen LogP contribution in [0, 0.1) is 23.2 Å². The molecule has 4 atom stereocenters. The Hall–Kier alpha value is -1.69. The normalized spacial score (nSPS) is 33.7. The number of fused-ring (bicyclic) bond motifs is 1. The molecule has 5 heteroatoms. The average Bonchev–Trinajstić information content (AvgIpc) is 3.13. The van der Waals surface area contributed by atoms with Gasteiger partial charge in [-0.3, -0.25) is 0 Å². The van der Waals surface area contributed by atoms with Gasteiger partial charge < -0.3 is 19.7 Å². The summed E-state index contributed by atoms with van der Waals surface area (Å²) in [6, 6.07) is 0. The molecule has 0 heterocycles. The zero-order valence-corrected chi connectivity index (χ0v) is 22.6. The molecule has 196 valence electrons. The van der Waals surface area contributed by atoms with E-state index in [1.54, 1.807) is 5.57 Å². The van der Waals surface area contributed by atoms with Gasteiger partial charge in [0, 0.05) is 12.8 Å². The molecule has 2 fully saturated rings. The van der Waals surface area contributed by atoms with E-state index in [1.807, 2.05) is 33.8 Å². The standard InChI is InChI=1S/C30H46O5/c1-8-24-13-14-25-22(10-9-15-29(24,25)7)11-12-23-16-30(33,17-26(31)21(23)6)34-18-27(32)35-28(19(2)3)20(4)5/h11-13,19-20,25-26,28,31,33H,6,8-10,14-18H2,1-5,7H3/t25-,26?,29+,30-/m0/s1. The molecule has 0 bridgehead atoms. The van der Waals surface area contributed by atoms with Crippen LogP contribution in [0.25, 0.3) is 0 Å². The zero-order valence-electron chi connectivity index (χ0n) is 22.6. The lowest BCUT2D eigenvalue weighted by Gasteiger charge is -2.41. The van der Waals surface area contributed by atoms with Crippen molar-refractivity contribution in [2.24, 2.45) is 23.2 Å². The van der Waals surface area contributed by atoms with Crippen molar-refractivity contribution < 1.29 is 24.5 Å². The van der Waals surface area contributed by atoms with Gasteiger partial charge in [0.15, 0.2) is 5.79 Å². The molecule has 0 saturated heterocycles. The molecule has 0 spiro atoms. The Morgan fingerprint density at radius 2 is 1.94 bits per heavy atom. The second-order valence-electron chi connectivity index (χ2n) is 11.7. The van der Waals surface area contributed by atoms with Gasteiger partial charge in [-0.2, -0.15) is 0 Å². The molecule has 0 aromatic heterocycles. The fourth-order valence-electron chi connectivity index (χ4n) is 6.48. The van der Waals surface area contributed by atoms with E-state index >= 15 is 0 Å². The maximum absolute atomic E-state index is 12.4. The van der Waals surface area contributed by atoms with Gasteiger partial charge in [-0.25, -0.2) is 4.79 Å². The van der Waals surface area contributed by atoms with Crippen molar-refractivity contribution in [3.8, 4) is 0 Å². The van der Waals surface area contributed by atoms with Crippen LogP contribution in [0.15, 0.2) is 47.1 Å². The summed E-state index contributed by atoms with van der Waals surface area (Å²) in [6.45, 7) is 16.4. The number of aliphatic hydroxyl groups excluding tert-OH is 1. The van der Waals surface area contributed by atoms with Gasteiger partial charge in [-0.1, -0.05) is 77.5 Å². The first-order valence-corrected chi connectivity index (χ1v) is 13.4. The lowest BCUT2D eigenvalue weighted by Crippen LogP contribution is -2.43. The molecular formula is C30H46O5. The largest absolute Gasteiger partial charge is 0.460 e. The third kappa shape index (κ3) is 6.18. The molecule has 2 saturated carbocycles. The van der Waals surface area contributed by atoms with Crippen LogP contribution in [0.5, 0.6) is 0 Å². The monoisotopic (exact) mass is 486 g/mol. The predicted octanol–water partition coefficient (Wildman–Crippen LogP) is 6.03. The summed E-state index contributed by atoms with van der Waals surface area (Å²) in [5, 5.41) is 21.7. The van der Waals surface area contributed by atoms with E-state index in [-0.39, 0.29) is 42.8 Å². The summed E-state index contributed by atoms with van der Waals surface area (Å²) in [6.07, 6.45) is 11.3. The number of aliphatic hydroxyl groups is 2. The van der Waals surface area contributed by atoms with Crippen molar-refractivity contribution in [1.82, 2.24) is 0 Å². The van der Waals surface area contributed by atoms with Gasteiger partial charge in [0.05, 0.1) is 6.10 Å². The van der Waals surface area contributed by atoms with E-state index in [1.165, 1.54) is 18.4 Å². The van der Waals surface area contributed by atoms with Crippen molar-refractivity contribution in [1.29, 1.82) is 0 Å². The number of esters is 1. The van der Waals surface area contributed by atoms with Crippen LogP contribution in [0.1, 0.15) is 86.5 Å². The average molecular weight is 487 g/mol. The maximum Gasteiger partial charge on any atom is 0.332 e. The number of hydrogen-bond acceptors (Lipinski definition) is 5. The van der Waals surface area contributed by atoms with Crippen LogP contribution in [0.3, 0.4) is 0 Å². The van der Waals surface area contributed by atoms with E-state index in [2.05, 4.69) is 32.6 Å². The predicted molar refractivity (Wildman–Crippen MR) is 139 cm³/mol. The molecule has 3 rings (SSSR count). The summed E-state index contributed by atoms with van der Waals surface area (Å²) >= 11 is 0. The molecular weight excluding hydrogens is 440 g/mol. The van der Waals surface area contributed by atoms with Gasteiger partial charge in [0.2, 0.25) is 0 Å². The Morgan fingerprint density at radius 1 is 1.26 bits per heavy atom. The van der Waals surface area contributed by atoms with Gasteiger partial charge >= 0.3 is 5.97 Å². The highest BCUT2D eigenvalue weighted by atomic mass is 16.6. The number of allylic oxidation sites excluding steroid dienone is 5. The quantitative estimate of drug-likeness (QED) is 0.249. The Bertz CT molecular complexity index is 886. The Balaban J connectivity index is 1.70. The molecule has 0 amide bonds. The topological polar surface area (TPSA) is 76.0 Å². The molecule has 5 nitrogen and oxygen atoms in total. The SMILES string of the molecule is C=C1C(=CC=C2CCC[C@]3(C)C(CC)=CC[C@@H]23)C[C@](O)(OCC(=O)OC(C(C)C)C(C)C)CC1O. The van der Waals surface area contributed by atoms with Crippen LogP contribution < -0.4 is 0 Å². The second kappa shape index (κ2) is 11.1. The van der Waals surface area contributed by atoms with Crippen LogP contribution in [0.2, 0.25) is 0 Å². The highest BCUT2D eigenvalue weighted by Crippen LogP contribution is 2.55. The summed E-state index contributed by atoms with van der Waals surface area (Å²) in [5.74, 6) is -1.24. The Kier molecular flexibility index (Phi) is 8.88. The first-order chi connectivity index (χ1) is 16.4. The van der Waals surface area contributed by atoms with E-state index in [0.29, 0.717) is 11.5 Å². The number of ether oxygens (including phenoxy) is 2. The van der Waals surface area contributed by atoms with Gasteiger partial charge in [-0.15, -0.1) is 0 Å². The third-order valence-electron chi connectivity index (χ3n) is 8.43. The maximum atomic E-state index is 12.4. The highest BCUT2D eigenvalue weighted by Gasteiger charge is 2.44. The second-order valence-corrected chi connectivity index (χ2v) is 11.7. The first kappa shape index (κ1) is 27.9. The summed E-state index contributed by atoms with van der Waals surface area (Å²) < 4.78 is 11.3. The first-order valence-electron chi connectivity index (χ1n) is 13.4. The van der Waals surface area contributed by atoms with Crippen LogP contribution in [0.4, 0.5) is 0 Å². The van der Waals surface area contributed by atoms with Crippen molar-refractivity contribution in [3.05, 3.63) is 47.1 Å². The molecule has 1 unspecified atom stereocenters. The van der Waals surface area contributed by atoms with Crippen molar-refractivity contribution in [2.75, 3.05) is 6.61 Å². The van der Waals surface area contributed by atoms with E-state index in [9.17, 15) is 15.0 Å². The van der Waals surface area contributed by atoms with Crippen molar-refractivity contribution in [3.63, 3.8) is 0 Å². The Morgan fingerprint density at radius 3 is 2.57 bits per heavy atom. The fraction of sp³-hybridized carbons (Fsp3) is 0.700. The Labute approximate surface area is 212 Å². The van der Waals surface area contributed by atoms with E-state index in [4.69, 9.17) is 9.47 Å². The molecule has 2 N–H and O–H groups in total. The molecule has 0 radical (unpaired) electrons. The van der Waals surface area contributed by atoms with E-state index < -0.39 is 17.9 Å². The van der Waals surface area contributed by atoms with Crippen LogP contribution >= 0.6 is 0 Å². The minimum Gasteiger partial charge on any atom is -0.460 e. The van der Waals surface area contributed by atoms with Gasteiger partial charge in [0.25, 0.3) is 0 Å². The molecule has 35 heavy (non-hydrogen) atoms. The number of carbonyl (C=O) groups is 1. The number of carbonyl (C=O) groups excluding carboxylic acids is 1. The lowest BCUT2D eigenvalue weighted by atomic mass is 9.64. The van der Waals surface area contributed by atoms with Crippen molar-refractivity contribution in [2.45, 2.75) is 104 Å². The molecule has 3 aliphatic rings. The van der Waals surface area contributed by atoms with Crippen molar-refractivity contribution >= 4 is 5.97 Å². The van der Waals surface area contributed by atoms with E-state index in [0.717, 1.165) is 24.8 Å². The smallest absolute Gasteiger partial charge is 0.332 e. The summed E-state index contributed by atoms with van der Waals surface area (Å²) in [7, 11) is 0. The summed E-state index contributed by atoms with van der Waals surface area (Å²) in [5.41, 5.74) is 4.62. The molecule has 0 aliphatic heterocycles. The number of rotatable bonds is 8. The van der Waals surface area contributed by atoms with Gasteiger partial charge in [0.1, 0.15) is 12.7 Å². The molecule has 0 aromatic rings. The molecule has 0 aromatic carbocycles. The lowest BCUT2D eigenvalue weighted by molar-refractivity contribution is -0.227. The zero-order chi connectivity index (χ0) is 26.0. The van der Waals surface area contributed by atoms with Crippen LogP contribution in [-0.4, -0.2) is 40.8 Å². The third-order valence-corrected chi connectivity index (χ3v) is 8.43. The number of hydrogen-bond donors (Lipinski definition) is 2. The van der Waals surface area contributed by atoms with Crippen LogP contribution in [-0.2, 0) is 14.3 Å². The summed E-state index contributed by atoms with van der Waals surface area (Å²) in [4.78, 5) is 12.4. The minimum atomic E-state index is -1.64. The highest BCUT2D eigenvalue weighted by molar-refractivity contribution is 5.71. The van der Waals surface area contributed by atoms with Gasteiger partial charge in [-0.05, 0) is 66.4 Å². The fourth-order valence-corrected chi connectivity index (χ4v) is 6.48. The molecule has 3 aliphatic carbocycles.